The number of morpholine rings is 1. The smallest absolute Gasteiger partial charge is 0.242 e. The van der Waals surface area contributed by atoms with E-state index in [0.29, 0.717) is 31.3 Å². The van der Waals surface area contributed by atoms with Gasteiger partial charge in [0.25, 0.3) is 0 Å². The lowest BCUT2D eigenvalue weighted by Gasteiger charge is -2.33. The van der Waals surface area contributed by atoms with Gasteiger partial charge in [-0.3, -0.25) is 9.59 Å². The second kappa shape index (κ2) is 7.79. The Labute approximate surface area is 156 Å². The van der Waals surface area contributed by atoms with Gasteiger partial charge in [0.05, 0.1) is 30.5 Å². The van der Waals surface area contributed by atoms with Crippen molar-refractivity contribution in [2.45, 2.75) is 18.9 Å². The molecule has 0 aliphatic carbocycles. The third kappa shape index (κ3) is 3.78. The first-order chi connectivity index (χ1) is 12.7. The number of carbonyl (C=O) groups is 2. The first-order valence-corrected chi connectivity index (χ1v) is 10.2. The first kappa shape index (κ1) is 17.5. The van der Waals surface area contributed by atoms with Gasteiger partial charge in [-0.15, -0.1) is 11.8 Å². The van der Waals surface area contributed by atoms with Crippen LogP contribution in [0.25, 0.3) is 0 Å². The van der Waals surface area contributed by atoms with Crippen molar-refractivity contribution in [1.29, 1.82) is 0 Å². The zero-order chi connectivity index (χ0) is 17.9. The molecule has 4 rings (SSSR count). The molecule has 0 N–H and O–H groups in total. The van der Waals surface area contributed by atoms with E-state index in [2.05, 4.69) is 14.9 Å². The second-order valence-corrected chi connectivity index (χ2v) is 7.70. The molecule has 0 spiro atoms. The topological polar surface area (TPSA) is 78.9 Å². The minimum absolute atomic E-state index is 0.0250. The average molecular weight is 377 g/mol. The fourth-order valence-electron chi connectivity index (χ4n) is 3.47. The highest BCUT2D eigenvalue weighted by molar-refractivity contribution is 8.00. The van der Waals surface area contributed by atoms with Crippen LogP contribution in [0.1, 0.15) is 24.6 Å². The highest BCUT2D eigenvalue weighted by Crippen LogP contribution is 2.24. The van der Waals surface area contributed by atoms with Gasteiger partial charge < -0.3 is 19.4 Å². The van der Waals surface area contributed by atoms with Crippen molar-refractivity contribution >= 4 is 29.5 Å². The summed E-state index contributed by atoms with van der Waals surface area (Å²) in [6, 6.07) is 1.86. The molecular weight excluding hydrogens is 354 g/mol. The van der Waals surface area contributed by atoms with E-state index < -0.39 is 0 Å². The third-order valence-electron chi connectivity index (χ3n) is 4.95. The predicted octanol–water partition coefficient (Wildman–Crippen LogP) is 0.510. The first-order valence-electron chi connectivity index (χ1n) is 9.03. The normalized spacial score (nSPS) is 23.8. The maximum atomic E-state index is 12.6. The molecule has 1 aromatic rings. The number of nitrogens with zero attached hydrogens (tertiary/aromatic N) is 5. The minimum Gasteiger partial charge on any atom is -0.368 e. The Kier molecular flexibility index (Phi) is 5.26. The zero-order valence-corrected chi connectivity index (χ0v) is 15.5. The molecule has 9 heteroatoms. The minimum atomic E-state index is -0.249. The van der Waals surface area contributed by atoms with Crippen LogP contribution in [0.4, 0.5) is 5.95 Å². The van der Waals surface area contributed by atoms with Crippen LogP contribution in [-0.4, -0.2) is 82.5 Å². The summed E-state index contributed by atoms with van der Waals surface area (Å²) in [6.45, 7) is 3.62. The molecule has 1 atom stereocenters. The Bertz CT molecular complexity index is 682. The highest BCUT2D eigenvalue weighted by Gasteiger charge is 2.30. The van der Waals surface area contributed by atoms with E-state index in [1.807, 2.05) is 6.07 Å². The number of thioether (sulfide) groups is 1. The Morgan fingerprint density at radius 3 is 2.92 bits per heavy atom. The summed E-state index contributed by atoms with van der Waals surface area (Å²) < 4.78 is 5.87. The van der Waals surface area contributed by atoms with Gasteiger partial charge in [0, 0.05) is 25.8 Å². The number of hydrogen-bond donors (Lipinski definition) is 0. The van der Waals surface area contributed by atoms with Gasteiger partial charge in [-0.05, 0) is 18.9 Å². The van der Waals surface area contributed by atoms with Crippen LogP contribution in [-0.2, 0) is 14.3 Å². The van der Waals surface area contributed by atoms with Crippen LogP contribution in [0, 0.1) is 0 Å². The van der Waals surface area contributed by atoms with E-state index in [-0.39, 0.29) is 24.5 Å². The fourth-order valence-corrected chi connectivity index (χ4v) is 4.37. The molecule has 2 amide bonds. The quantitative estimate of drug-likeness (QED) is 0.756. The lowest BCUT2D eigenvalue weighted by molar-refractivity contribution is -0.143. The van der Waals surface area contributed by atoms with E-state index in [1.54, 1.807) is 27.8 Å². The van der Waals surface area contributed by atoms with Crippen molar-refractivity contribution in [2.24, 2.45) is 0 Å². The van der Waals surface area contributed by atoms with E-state index >= 15 is 0 Å². The molecule has 3 fully saturated rings. The number of amides is 2. The second-order valence-electron chi connectivity index (χ2n) is 6.74. The summed E-state index contributed by atoms with van der Waals surface area (Å²) in [4.78, 5) is 38.9. The standard InChI is InChI=1S/C17H23N5O3S/c23-15(10-22-12-26-11-16(22)24)21-7-8-25-14(9-21)13-3-4-18-17(19-13)20-5-1-2-6-20/h3-4,14H,1-2,5-12H2/t14-/m0/s1. The summed E-state index contributed by atoms with van der Waals surface area (Å²) in [6.07, 6.45) is 3.85. The maximum absolute atomic E-state index is 12.6. The van der Waals surface area contributed by atoms with E-state index in [4.69, 9.17) is 4.74 Å². The van der Waals surface area contributed by atoms with Gasteiger partial charge >= 0.3 is 0 Å². The molecule has 0 bridgehead atoms. The Hall–Kier alpha value is -1.87. The molecule has 0 unspecified atom stereocenters. The van der Waals surface area contributed by atoms with Gasteiger partial charge in [-0.1, -0.05) is 0 Å². The number of anilines is 1. The van der Waals surface area contributed by atoms with Gasteiger partial charge in [-0.25, -0.2) is 9.97 Å². The molecule has 3 aliphatic heterocycles. The summed E-state index contributed by atoms with van der Waals surface area (Å²) in [5.41, 5.74) is 0.812. The van der Waals surface area contributed by atoms with Crippen LogP contribution < -0.4 is 4.90 Å². The molecule has 0 aromatic carbocycles. The summed E-state index contributed by atoms with van der Waals surface area (Å²) in [7, 11) is 0. The van der Waals surface area contributed by atoms with Crippen molar-refractivity contribution < 1.29 is 14.3 Å². The highest BCUT2D eigenvalue weighted by atomic mass is 32.2. The molecule has 4 heterocycles. The molecule has 0 radical (unpaired) electrons. The Morgan fingerprint density at radius 1 is 1.31 bits per heavy atom. The monoisotopic (exact) mass is 377 g/mol. The molecule has 3 aliphatic rings. The molecule has 8 nitrogen and oxygen atoms in total. The molecule has 26 heavy (non-hydrogen) atoms. The molecular formula is C17H23N5O3S. The molecule has 0 saturated carbocycles. The van der Waals surface area contributed by atoms with Crippen molar-refractivity contribution in [2.75, 3.05) is 55.9 Å². The van der Waals surface area contributed by atoms with Crippen molar-refractivity contribution in [3.05, 3.63) is 18.0 Å². The van der Waals surface area contributed by atoms with E-state index in [9.17, 15) is 9.59 Å². The Balaban J connectivity index is 1.40. The summed E-state index contributed by atoms with van der Waals surface area (Å²) in [5.74, 6) is 1.83. The van der Waals surface area contributed by atoms with Crippen LogP contribution in [0.15, 0.2) is 12.3 Å². The van der Waals surface area contributed by atoms with Crippen LogP contribution in [0.5, 0.6) is 0 Å². The summed E-state index contributed by atoms with van der Waals surface area (Å²) in [5, 5.41) is 0. The predicted molar refractivity (Wildman–Crippen MR) is 97.8 cm³/mol. The fraction of sp³-hybridized carbons (Fsp3) is 0.647. The largest absolute Gasteiger partial charge is 0.368 e. The Morgan fingerprint density at radius 2 is 2.15 bits per heavy atom. The third-order valence-corrected chi connectivity index (χ3v) is 5.90. The lowest BCUT2D eigenvalue weighted by Crippen LogP contribution is -2.47. The molecule has 3 saturated heterocycles. The van der Waals surface area contributed by atoms with Crippen LogP contribution in [0.2, 0.25) is 0 Å². The van der Waals surface area contributed by atoms with E-state index in [1.165, 1.54) is 12.8 Å². The van der Waals surface area contributed by atoms with Crippen molar-refractivity contribution in [3.8, 4) is 0 Å². The van der Waals surface area contributed by atoms with Crippen LogP contribution in [0.3, 0.4) is 0 Å². The molecule has 1 aromatic heterocycles. The van der Waals surface area contributed by atoms with Crippen LogP contribution >= 0.6 is 11.8 Å². The SMILES string of the molecule is O=C1CSCN1CC(=O)N1CCO[C@H](c2ccnc(N3CCCC3)n2)C1. The number of ether oxygens (including phenoxy) is 1. The average Bonchev–Trinajstić information content (AvgIpc) is 3.35. The van der Waals surface area contributed by atoms with E-state index in [0.717, 1.165) is 24.7 Å². The van der Waals surface area contributed by atoms with Gasteiger partial charge in [0.2, 0.25) is 17.8 Å². The number of rotatable bonds is 4. The van der Waals surface area contributed by atoms with Gasteiger partial charge in [0.15, 0.2) is 0 Å². The number of hydrogen-bond acceptors (Lipinski definition) is 7. The summed E-state index contributed by atoms with van der Waals surface area (Å²) >= 11 is 1.55. The number of aromatic nitrogens is 2. The van der Waals surface area contributed by atoms with Gasteiger partial charge in [-0.2, -0.15) is 0 Å². The molecule has 140 valence electrons. The van der Waals surface area contributed by atoms with Crippen molar-refractivity contribution in [1.82, 2.24) is 19.8 Å². The zero-order valence-electron chi connectivity index (χ0n) is 14.7. The van der Waals surface area contributed by atoms with Gasteiger partial charge in [0.1, 0.15) is 12.6 Å². The number of carbonyl (C=O) groups excluding carboxylic acids is 2. The lowest BCUT2D eigenvalue weighted by atomic mass is 10.2. The van der Waals surface area contributed by atoms with Crippen molar-refractivity contribution in [3.63, 3.8) is 0 Å². The maximum Gasteiger partial charge on any atom is 0.242 e.